The molecule has 0 bridgehead atoms. The molecule has 1 N–H and O–H groups in total. The van der Waals surface area contributed by atoms with E-state index in [0.717, 1.165) is 41.5 Å². The van der Waals surface area contributed by atoms with Gasteiger partial charge in [-0.25, -0.2) is 0 Å². The number of halogens is 1. The lowest BCUT2D eigenvalue weighted by Gasteiger charge is -2.02. The van der Waals surface area contributed by atoms with Crippen LogP contribution >= 0.6 is 15.9 Å². The number of nitrogens with zero attached hydrogens (tertiary/aromatic N) is 2. The van der Waals surface area contributed by atoms with Gasteiger partial charge in [-0.1, -0.05) is 19.1 Å². The van der Waals surface area contributed by atoms with Crippen molar-refractivity contribution in [2.24, 2.45) is 0 Å². The molecule has 0 aliphatic rings. The Morgan fingerprint density at radius 2 is 2.11 bits per heavy atom. The fourth-order valence-corrected chi connectivity index (χ4v) is 2.21. The average Bonchev–Trinajstić information content (AvgIpc) is 2.87. The number of rotatable bonds is 6. The largest absolute Gasteiger partial charge is 0.421 e. The number of nitrogens with one attached hydrogen (secondary N) is 1. The second-order valence-electron chi connectivity index (χ2n) is 4.44. The molecule has 1 aromatic carbocycles. The Kier molecular flexibility index (Phi) is 5.10. The first kappa shape index (κ1) is 14.2. The third-order valence-corrected chi connectivity index (χ3v) is 3.88. The average molecular weight is 324 g/mol. The smallest absolute Gasteiger partial charge is 0.248 e. The summed E-state index contributed by atoms with van der Waals surface area (Å²) in [5, 5.41) is 11.5. The molecule has 0 fully saturated rings. The Balaban J connectivity index is 2.06. The van der Waals surface area contributed by atoms with Crippen molar-refractivity contribution in [2.75, 3.05) is 13.1 Å². The van der Waals surface area contributed by atoms with Crippen LogP contribution in [0.5, 0.6) is 0 Å². The third kappa shape index (κ3) is 3.64. The van der Waals surface area contributed by atoms with E-state index in [-0.39, 0.29) is 0 Å². The van der Waals surface area contributed by atoms with Crippen LogP contribution in [0.15, 0.2) is 27.1 Å². The number of hydrogen-bond acceptors (Lipinski definition) is 4. The second-order valence-corrected chi connectivity index (χ2v) is 5.23. The van der Waals surface area contributed by atoms with Crippen molar-refractivity contribution in [3.05, 3.63) is 34.1 Å². The van der Waals surface area contributed by atoms with E-state index in [1.807, 2.05) is 25.1 Å². The highest BCUT2D eigenvalue weighted by atomic mass is 79.9. The molecule has 0 aliphatic heterocycles. The highest BCUT2D eigenvalue weighted by Gasteiger charge is 2.12. The highest BCUT2D eigenvalue weighted by Crippen LogP contribution is 2.29. The Morgan fingerprint density at radius 3 is 2.89 bits per heavy atom. The van der Waals surface area contributed by atoms with Gasteiger partial charge in [-0.2, -0.15) is 0 Å². The van der Waals surface area contributed by atoms with Gasteiger partial charge in [0, 0.05) is 17.4 Å². The molecular weight excluding hydrogens is 306 g/mol. The maximum absolute atomic E-state index is 5.69. The predicted octanol–water partition coefficient (Wildman–Crippen LogP) is 3.35. The lowest BCUT2D eigenvalue weighted by molar-refractivity contribution is 0.494. The Hall–Kier alpha value is -1.20. The Morgan fingerprint density at radius 1 is 1.26 bits per heavy atom. The van der Waals surface area contributed by atoms with Crippen molar-refractivity contribution in [1.82, 2.24) is 15.5 Å². The summed E-state index contributed by atoms with van der Waals surface area (Å²) in [7, 11) is 0. The van der Waals surface area contributed by atoms with Gasteiger partial charge in [0.25, 0.3) is 0 Å². The first-order chi connectivity index (χ1) is 9.22. The van der Waals surface area contributed by atoms with E-state index in [1.54, 1.807) is 0 Å². The van der Waals surface area contributed by atoms with Crippen molar-refractivity contribution in [3.63, 3.8) is 0 Å². The first-order valence-electron chi connectivity index (χ1n) is 6.51. The molecule has 1 heterocycles. The Labute approximate surface area is 121 Å². The van der Waals surface area contributed by atoms with E-state index in [4.69, 9.17) is 4.42 Å². The monoisotopic (exact) mass is 323 g/mol. The van der Waals surface area contributed by atoms with Gasteiger partial charge in [0.15, 0.2) is 0 Å². The van der Waals surface area contributed by atoms with Crippen molar-refractivity contribution in [2.45, 2.75) is 26.7 Å². The van der Waals surface area contributed by atoms with Crippen molar-refractivity contribution >= 4 is 15.9 Å². The number of benzene rings is 1. The fourth-order valence-electron chi connectivity index (χ4n) is 1.77. The molecule has 2 rings (SSSR count). The molecule has 0 spiro atoms. The normalized spacial score (nSPS) is 10.9. The lowest BCUT2D eigenvalue weighted by Crippen LogP contribution is -2.17. The third-order valence-electron chi connectivity index (χ3n) is 2.83. The zero-order chi connectivity index (χ0) is 13.7. The van der Waals surface area contributed by atoms with Gasteiger partial charge < -0.3 is 9.73 Å². The van der Waals surface area contributed by atoms with Crippen LogP contribution in [0.2, 0.25) is 0 Å². The maximum Gasteiger partial charge on any atom is 0.248 e. The van der Waals surface area contributed by atoms with Crippen LogP contribution in [0, 0.1) is 6.92 Å². The van der Waals surface area contributed by atoms with Crippen LogP contribution in [0.3, 0.4) is 0 Å². The zero-order valence-corrected chi connectivity index (χ0v) is 12.8. The molecular formula is C14H18BrN3O. The molecule has 0 atom stereocenters. The zero-order valence-electron chi connectivity index (χ0n) is 11.2. The highest BCUT2D eigenvalue weighted by molar-refractivity contribution is 9.10. The summed E-state index contributed by atoms with van der Waals surface area (Å²) in [4.78, 5) is 0. The molecule has 0 radical (unpaired) electrons. The minimum atomic E-state index is 0.570. The lowest BCUT2D eigenvalue weighted by atomic mass is 10.1. The van der Waals surface area contributed by atoms with Gasteiger partial charge in [-0.05, 0) is 47.4 Å². The summed E-state index contributed by atoms with van der Waals surface area (Å²) >= 11 is 3.56. The number of hydrogen-bond donors (Lipinski definition) is 1. The van der Waals surface area contributed by atoms with E-state index >= 15 is 0 Å². The SMILES string of the molecule is CCCNCCc1nnc(-c2cccc(C)c2Br)o1. The molecule has 2 aromatic rings. The van der Waals surface area contributed by atoms with Crippen LogP contribution in [0.1, 0.15) is 24.8 Å². The van der Waals surface area contributed by atoms with Crippen molar-refractivity contribution in [1.29, 1.82) is 0 Å². The second kappa shape index (κ2) is 6.82. The van der Waals surface area contributed by atoms with Gasteiger partial charge in [0.1, 0.15) is 0 Å². The summed E-state index contributed by atoms with van der Waals surface area (Å²) in [6.07, 6.45) is 1.89. The first-order valence-corrected chi connectivity index (χ1v) is 7.30. The van der Waals surface area contributed by atoms with E-state index in [0.29, 0.717) is 11.8 Å². The topological polar surface area (TPSA) is 51.0 Å². The van der Waals surface area contributed by atoms with Gasteiger partial charge in [0.05, 0.1) is 5.56 Å². The molecule has 19 heavy (non-hydrogen) atoms. The predicted molar refractivity (Wildman–Crippen MR) is 79.0 cm³/mol. The van der Waals surface area contributed by atoms with Gasteiger partial charge in [0.2, 0.25) is 11.8 Å². The van der Waals surface area contributed by atoms with Crippen LogP contribution in [0.25, 0.3) is 11.5 Å². The van der Waals surface area contributed by atoms with E-state index in [1.165, 1.54) is 0 Å². The summed E-state index contributed by atoms with van der Waals surface area (Å²) < 4.78 is 6.70. The molecule has 0 saturated heterocycles. The molecule has 0 aliphatic carbocycles. The van der Waals surface area contributed by atoms with Crippen LogP contribution in [-0.2, 0) is 6.42 Å². The summed E-state index contributed by atoms with van der Waals surface area (Å²) in [5.74, 6) is 1.24. The molecule has 0 saturated carbocycles. The van der Waals surface area contributed by atoms with Crippen LogP contribution in [-0.4, -0.2) is 23.3 Å². The molecule has 0 unspecified atom stereocenters. The van der Waals surface area contributed by atoms with Crippen molar-refractivity contribution < 1.29 is 4.42 Å². The standard InChI is InChI=1S/C14H18BrN3O/c1-3-8-16-9-7-12-17-18-14(19-12)11-6-4-5-10(2)13(11)15/h4-6,16H,3,7-9H2,1-2H3. The molecule has 102 valence electrons. The molecule has 4 nitrogen and oxygen atoms in total. The van der Waals surface area contributed by atoms with Crippen LogP contribution < -0.4 is 5.32 Å². The number of aromatic nitrogens is 2. The van der Waals surface area contributed by atoms with E-state index < -0.39 is 0 Å². The Bertz CT molecular complexity index is 539. The maximum atomic E-state index is 5.69. The van der Waals surface area contributed by atoms with Gasteiger partial charge in [-0.15, -0.1) is 10.2 Å². The fraction of sp³-hybridized carbons (Fsp3) is 0.429. The quantitative estimate of drug-likeness (QED) is 0.828. The summed E-state index contributed by atoms with van der Waals surface area (Å²) in [6.45, 7) is 6.07. The van der Waals surface area contributed by atoms with E-state index in [9.17, 15) is 0 Å². The van der Waals surface area contributed by atoms with Gasteiger partial charge in [-0.3, -0.25) is 0 Å². The van der Waals surface area contributed by atoms with Crippen LogP contribution in [0.4, 0.5) is 0 Å². The molecule has 1 aromatic heterocycles. The minimum absolute atomic E-state index is 0.570. The van der Waals surface area contributed by atoms with Crippen molar-refractivity contribution in [3.8, 4) is 11.5 Å². The molecule has 0 amide bonds. The van der Waals surface area contributed by atoms with Gasteiger partial charge >= 0.3 is 0 Å². The molecule has 5 heteroatoms. The number of aryl methyl sites for hydroxylation is 1. The summed E-state index contributed by atoms with van der Waals surface area (Å²) in [6, 6.07) is 6.01. The van der Waals surface area contributed by atoms with E-state index in [2.05, 4.69) is 38.4 Å². The summed E-state index contributed by atoms with van der Waals surface area (Å²) in [5.41, 5.74) is 2.10. The minimum Gasteiger partial charge on any atom is -0.421 e.